The zero-order valence-electron chi connectivity index (χ0n) is 18.1. The Hall–Kier alpha value is -2.04. The smallest absolute Gasteiger partial charge is 0.459 e. The molecule has 2 rings (SSSR count). The van der Waals surface area contributed by atoms with E-state index < -0.39 is 31.7 Å². The molecule has 1 aromatic carbocycles. The van der Waals surface area contributed by atoms with Crippen LogP contribution in [0.2, 0.25) is 0 Å². The molecule has 2 aromatic rings. The van der Waals surface area contributed by atoms with Gasteiger partial charge in [-0.15, -0.1) is 0 Å². The minimum Gasteiger partial charge on any atom is -0.506 e. The summed E-state index contributed by atoms with van der Waals surface area (Å²) in [7, 11) is -4.32. The van der Waals surface area contributed by atoms with Gasteiger partial charge in [-0.05, 0) is 45.9 Å². The molecule has 0 aliphatic heterocycles. The van der Waals surface area contributed by atoms with E-state index in [0.29, 0.717) is 21.3 Å². The topological polar surface area (TPSA) is 133 Å². The van der Waals surface area contributed by atoms with E-state index >= 15 is 0 Å². The number of nitrogens with two attached hydrogens (primary N) is 1. The number of benzene rings is 1. The molecule has 4 N–H and O–H groups in total. The van der Waals surface area contributed by atoms with Crippen LogP contribution in [0.4, 0.5) is 4.39 Å². The molecular formula is C20H26BrFN3O6P. The summed E-state index contributed by atoms with van der Waals surface area (Å²) in [5, 5.41) is 12.6. The monoisotopic (exact) mass is 533 g/mol. The molecule has 0 aliphatic rings. The van der Waals surface area contributed by atoms with Crippen LogP contribution in [0.3, 0.4) is 0 Å². The second-order valence-corrected chi connectivity index (χ2v) is 9.78. The third-order valence-electron chi connectivity index (χ3n) is 4.19. The van der Waals surface area contributed by atoms with Gasteiger partial charge in [0.2, 0.25) is 0 Å². The third-order valence-corrected chi connectivity index (χ3v) is 6.30. The summed E-state index contributed by atoms with van der Waals surface area (Å²) in [6, 6.07) is 2.79. The average Bonchev–Trinajstić information content (AvgIpc) is 2.70. The first kappa shape index (κ1) is 26.2. The van der Waals surface area contributed by atoms with Crippen molar-refractivity contribution >= 4 is 29.6 Å². The molecule has 9 nitrogen and oxygen atoms in total. The fraction of sp³-hybridized carbons (Fsp3) is 0.400. The van der Waals surface area contributed by atoms with Gasteiger partial charge in [-0.25, -0.2) is 8.96 Å². The van der Waals surface area contributed by atoms with E-state index in [0.717, 1.165) is 6.07 Å². The van der Waals surface area contributed by atoms with Gasteiger partial charge in [-0.1, -0.05) is 15.9 Å². The summed E-state index contributed by atoms with van der Waals surface area (Å²) in [5.74, 6) is -1.94. The van der Waals surface area contributed by atoms with Crippen LogP contribution in [0.5, 0.6) is 11.5 Å². The van der Waals surface area contributed by atoms with Gasteiger partial charge in [0.05, 0.1) is 18.4 Å². The lowest BCUT2D eigenvalue weighted by atomic mass is 10.1. The van der Waals surface area contributed by atoms with Crippen LogP contribution in [0.1, 0.15) is 37.6 Å². The molecule has 32 heavy (non-hydrogen) atoms. The van der Waals surface area contributed by atoms with Crippen LogP contribution in [0.15, 0.2) is 28.9 Å². The molecule has 0 amide bonds. The zero-order valence-corrected chi connectivity index (χ0v) is 20.6. The Kier molecular flexibility index (Phi) is 9.18. The largest absolute Gasteiger partial charge is 0.506 e. The predicted molar refractivity (Wildman–Crippen MR) is 119 cm³/mol. The van der Waals surface area contributed by atoms with E-state index in [2.05, 4.69) is 26.0 Å². The van der Waals surface area contributed by atoms with Crippen molar-refractivity contribution in [2.45, 2.75) is 53.0 Å². The van der Waals surface area contributed by atoms with Gasteiger partial charge >= 0.3 is 13.7 Å². The molecule has 0 saturated carbocycles. The Labute approximate surface area is 194 Å². The van der Waals surface area contributed by atoms with Gasteiger partial charge in [0.15, 0.2) is 11.6 Å². The number of nitrogens with one attached hydrogen (secondary N) is 1. The maximum absolute atomic E-state index is 14.3. The lowest BCUT2D eigenvalue weighted by Gasteiger charge is -2.24. The number of aromatic nitrogens is 1. The minimum atomic E-state index is -4.32. The summed E-state index contributed by atoms with van der Waals surface area (Å²) < 4.78 is 44.2. The number of esters is 1. The third kappa shape index (κ3) is 6.98. The van der Waals surface area contributed by atoms with Crippen molar-refractivity contribution in [1.29, 1.82) is 0 Å². The molecule has 0 aliphatic carbocycles. The van der Waals surface area contributed by atoms with Crippen molar-refractivity contribution in [1.82, 2.24) is 10.1 Å². The van der Waals surface area contributed by atoms with Crippen LogP contribution in [-0.4, -0.2) is 28.2 Å². The molecule has 1 unspecified atom stereocenters. The standard InChI is InChI=1S/C20H26BrFN3O6P/c1-11(2)30-20(27)13(4)25-32(28,31-18-6-5-15(21)7-17(18)22)29-10-14-9-24-12(3)19(26)16(14)8-23/h5-7,9,11,13,26H,8,10,23H2,1-4H3,(H,25,28)/t13-,32?/m0/s1. The number of ether oxygens (including phenoxy) is 1. The first-order valence-electron chi connectivity index (χ1n) is 9.69. The number of pyridine rings is 1. The number of carbonyl (C=O) groups excluding carboxylic acids is 1. The van der Waals surface area contributed by atoms with E-state index in [-0.39, 0.29) is 24.7 Å². The lowest BCUT2D eigenvalue weighted by molar-refractivity contribution is -0.149. The molecule has 12 heteroatoms. The fourth-order valence-electron chi connectivity index (χ4n) is 2.58. The summed E-state index contributed by atoms with van der Waals surface area (Å²) in [4.78, 5) is 16.2. The highest BCUT2D eigenvalue weighted by Crippen LogP contribution is 2.47. The Morgan fingerprint density at radius 2 is 2.06 bits per heavy atom. The van der Waals surface area contributed by atoms with E-state index in [9.17, 15) is 18.9 Å². The fourth-order valence-corrected chi connectivity index (χ4v) is 4.39. The van der Waals surface area contributed by atoms with Gasteiger partial charge < -0.3 is 20.1 Å². The maximum atomic E-state index is 14.3. The highest BCUT2D eigenvalue weighted by Gasteiger charge is 2.34. The Morgan fingerprint density at radius 1 is 1.38 bits per heavy atom. The van der Waals surface area contributed by atoms with Crippen LogP contribution in [0.25, 0.3) is 0 Å². The highest BCUT2D eigenvalue weighted by molar-refractivity contribution is 9.10. The molecule has 0 bridgehead atoms. The maximum Gasteiger partial charge on any atom is 0.459 e. The van der Waals surface area contributed by atoms with E-state index in [1.807, 2.05) is 0 Å². The molecule has 2 atom stereocenters. The number of aromatic hydroxyl groups is 1. The summed E-state index contributed by atoms with van der Waals surface area (Å²) in [6.07, 6.45) is 1.02. The van der Waals surface area contributed by atoms with Crippen molar-refractivity contribution in [2.24, 2.45) is 5.73 Å². The van der Waals surface area contributed by atoms with E-state index in [1.165, 1.54) is 25.3 Å². The Balaban J connectivity index is 2.32. The van der Waals surface area contributed by atoms with Crippen LogP contribution in [0, 0.1) is 12.7 Å². The number of hydrogen-bond donors (Lipinski definition) is 3. The summed E-state index contributed by atoms with van der Waals surface area (Å²) in [5.41, 5.74) is 6.79. The number of aryl methyl sites for hydroxylation is 1. The molecular weight excluding hydrogens is 508 g/mol. The number of rotatable bonds is 10. The van der Waals surface area contributed by atoms with Gasteiger partial charge in [-0.2, -0.15) is 5.09 Å². The van der Waals surface area contributed by atoms with Crippen LogP contribution < -0.4 is 15.3 Å². The molecule has 0 spiro atoms. The molecule has 0 radical (unpaired) electrons. The predicted octanol–water partition coefficient (Wildman–Crippen LogP) is 4.09. The number of hydrogen-bond acceptors (Lipinski definition) is 8. The quantitative estimate of drug-likeness (QED) is 0.305. The normalized spacial score (nSPS) is 14.1. The SMILES string of the molecule is Cc1ncc(COP(=O)(N[C@@H](C)C(=O)OC(C)C)Oc2ccc(Br)cc2F)c(CN)c1O. The molecule has 1 aromatic heterocycles. The van der Waals surface area contributed by atoms with E-state index in [4.69, 9.17) is 19.5 Å². The lowest BCUT2D eigenvalue weighted by Crippen LogP contribution is -2.36. The minimum absolute atomic E-state index is 0.0229. The second-order valence-electron chi connectivity index (χ2n) is 7.17. The molecule has 0 saturated heterocycles. The molecule has 1 heterocycles. The average molecular weight is 534 g/mol. The van der Waals surface area contributed by atoms with Crippen molar-refractivity contribution in [3.05, 3.63) is 51.5 Å². The van der Waals surface area contributed by atoms with E-state index in [1.54, 1.807) is 20.8 Å². The summed E-state index contributed by atoms with van der Waals surface area (Å²) in [6.45, 7) is 5.98. The van der Waals surface area contributed by atoms with Crippen LogP contribution >= 0.6 is 23.7 Å². The molecule has 0 fully saturated rings. The highest BCUT2D eigenvalue weighted by atomic mass is 79.9. The number of nitrogens with zero attached hydrogens (tertiary/aromatic N) is 1. The Morgan fingerprint density at radius 3 is 2.66 bits per heavy atom. The van der Waals surface area contributed by atoms with Crippen molar-refractivity contribution in [3.63, 3.8) is 0 Å². The first-order chi connectivity index (χ1) is 15.0. The Bertz CT molecular complexity index is 1020. The first-order valence-corrected chi connectivity index (χ1v) is 12.0. The van der Waals surface area contributed by atoms with Gasteiger partial charge in [0.1, 0.15) is 11.8 Å². The zero-order chi connectivity index (χ0) is 24.1. The number of halogens is 2. The second kappa shape index (κ2) is 11.2. The van der Waals surface area contributed by atoms with Gasteiger partial charge in [0, 0.05) is 28.3 Å². The van der Waals surface area contributed by atoms with Crippen molar-refractivity contribution in [3.8, 4) is 11.5 Å². The van der Waals surface area contributed by atoms with Crippen molar-refractivity contribution in [2.75, 3.05) is 0 Å². The number of carbonyl (C=O) groups is 1. The van der Waals surface area contributed by atoms with Gasteiger partial charge in [0.25, 0.3) is 0 Å². The molecule has 176 valence electrons. The van der Waals surface area contributed by atoms with Gasteiger partial charge in [-0.3, -0.25) is 14.3 Å². The van der Waals surface area contributed by atoms with Crippen LogP contribution in [-0.2, 0) is 31.8 Å². The van der Waals surface area contributed by atoms with Crippen molar-refractivity contribution < 1.29 is 32.6 Å². The summed E-state index contributed by atoms with van der Waals surface area (Å²) >= 11 is 3.13.